The molecular weight excluding hydrogens is 265 g/mol. The van der Waals surface area contributed by atoms with E-state index in [0.717, 1.165) is 10.2 Å². The Bertz CT molecular complexity index is 328. The van der Waals surface area contributed by atoms with Gasteiger partial charge < -0.3 is 4.74 Å². The summed E-state index contributed by atoms with van der Waals surface area (Å²) in [6.45, 7) is 6.70. The van der Waals surface area contributed by atoms with Crippen LogP contribution in [0.4, 0.5) is 0 Å². The molecule has 1 heterocycles. The molecule has 1 rings (SSSR count). The van der Waals surface area contributed by atoms with Crippen molar-refractivity contribution < 1.29 is 4.74 Å². The quantitative estimate of drug-likeness (QED) is 0.838. The van der Waals surface area contributed by atoms with Crippen LogP contribution in [0.1, 0.15) is 19.5 Å². The molecule has 1 aromatic rings. The Morgan fingerprint density at radius 3 is 2.79 bits per heavy atom. The van der Waals surface area contributed by atoms with Crippen molar-refractivity contribution in [2.24, 2.45) is 5.92 Å². The van der Waals surface area contributed by atoms with Gasteiger partial charge in [0.1, 0.15) is 5.02 Å². The summed E-state index contributed by atoms with van der Waals surface area (Å²) in [5, 5.41) is 0.545. The molecule has 2 nitrogen and oxygen atoms in total. The Kier molecular flexibility index (Phi) is 4.20. The summed E-state index contributed by atoms with van der Waals surface area (Å²) in [4.78, 5) is 4.24. The monoisotopic (exact) mass is 277 g/mol. The van der Waals surface area contributed by atoms with E-state index in [-0.39, 0.29) is 0 Å². The second-order valence-electron chi connectivity index (χ2n) is 3.55. The fraction of sp³-hybridized carbons (Fsp3) is 0.500. The first-order chi connectivity index (χ1) is 6.50. The van der Waals surface area contributed by atoms with Gasteiger partial charge in [0.05, 0.1) is 12.3 Å². The summed E-state index contributed by atoms with van der Waals surface area (Å²) < 4.78 is 6.37. The summed E-state index contributed by atoms with van der Waals surface area (Å²) in [6.07, 6.45) is 0. The Labute approximate surface area is 97.8 Å². The van der Waals surface area contributed by atoms with Crippen molar-refractivity contribution in [2.75, 3.05) is 6.61 Å². The van der Waals surface area contributed by atoms with E-state index in [1.807, 2.05) is 6.92 Å². The molecule has 0 aliphatic rings. The molecule has 0 aliphatic carbocycles. The summed E-state index contributed by atoms with van der Waals surface area (Å²) in [6, 6.07) is 1.81. The van der Waals surface area contributed by atoms with Crippen LogP contribution in [0, 0.1) is 12.8 Å². The highest BCUT2D eigenvalue weighted by molar-refractivity contribution is 9.10. The lowest BCUT2D eigenvalue weighted by atomic mass is 10.2. The Balaban J connectivity index is 2.82. The zero-order valence-electron chi connectivity index (χ0n) is 8.47. The van der Waals surface area contributed by atoms with Crippen molar-refractivity contribution >= 4 is 27.5 Å². The topological polar surface area (TPSA) is 22.1 Å². The van der Waals surface area contributed by atoms with Gasteiger partial charge >= 0.3 is 0 Å². The predicted octanol–water partition coefficient (Wildman–Crippen LogP) is 3.84. The molecule has 78 valence electrons. The second kappa shape index (κ2) is 4.99. The highest BCUT2D eigenvalue weighted by atomic mass is 79.9. The van der Waals surface area contributed by atoms with Gasteiger partial charge in [-0.1, -0.05) is 25.4 Å². The molecule has 0 bridgehead atoms. The zero-order chi connectivity index (χ0) is 10.7. The zero-order valence-corrected chi connectivity index (χ0v) is 10.8. The summed E-state index contributed by atoms with van der Waals surface area (Å²) >= 11 is 9.33. The molecule has 0 aliphatic heterocycles. The van der Waals surface area contributed by atoms with Crippen LogP contribution >= 0.6 is 27.5 Å². The fourth-order valence-electron chi connectivity index (χ4n) is 0.883. The smallest absolute Gasteiger partial charge is 0.232 e. The fourth-order valence-corrected chi connectivity index (χ4v) is 1.54. The lowest BCUT2D eigenvalue weighted by Gasteiger charge is -2.10. The molecule has 0 radical (unpaired) electrons. The maximum atomic E-state index is 5.97. The lowest BCUT2D eigenvalue weighted by molar-refractivity contribution is 0.261. The van der Waals surface area contributed by atoms with E-state index >= 15 is 0 Å². The number of ether oxygens (including phenoxy) is 1. The van der Waals surface area contributed by atoms with Crippen molar-refractivity contribution in [2.45, 2.75) is 20.8 Å². The summed E-state index contributed by atoms with van der Waals surface area (Å²) in [5.74, 6) is 0.984. The van der Waals surface area contributed by atoms with Crippen LogP contribution < -0.4 is 4.74 Å². The van der Waals surface area contributed by atoms with E-state index in [9.17, 15) is 0 Å². The van der Waals surface area contributed by atoms with Crippen molar-refractivity contribution in [3.8, 4) is 5.88 Å². The van der Waals surface area contributed by atoms with Gasteiger partial charge in [-0.15, -0.1) is 0 Å². The first-order valence-electron chi connectivity index (χ1n) is 4.46. The molecule has 0 amide bonds. The summed E-state index contributed by atoms with van der Waals surface area (Å²) in [7, 11) is 0. The van der Waals surface area contributed by atoms with E-state index in [0.29, 0.717) is 23.4 Å². The Hall–Kier alpha value is -0.280. The lowest BCUT2D eigenvalue weighted by Crippen LogP contribution is -2.06. The first kappa shape index (κ1) is 11.8. The van der Waals surface area contributed by atoms with E-state index in [1.54, 1.807) is 6.07 Å². The number of pyridine rings is 1. The normalized spacial score (nSPS) is 10.7. The second-order valence-corrected chi connectivity index (χ2v) is 4.81. The molecular formula is C10H13BrClNO. The molecule has 0 aromatic carbocycles. The molecule has 0 atom stereocenters. The molecule has 4 heteroatoms. The molecule has 0 spiro atoms. The molecule has 1 aromatic heterocycles. The van der Waals surface area contributed by atoms with Gasteiger partial charge in [0.15, 0.2) is 0 Å². The van der Waals surface area contributed by atoms with Crippen LogP contribution in [0.3, 0.4) is 0 Å². The summed E-state index contributed by atoms with van der Waals surface area (Å²) in [5.41, 5.74) is 0.883. The highest BCUT2D eigenvalue weighted by Gasteiger charge is 2.07. The number of rotatable bonds is 3. The SMILES string of the molecule is Cc1nc(OCC(C)C)c(Cl)cc1Br. The minimum Gasteiger partial charge on any atom is -0.476 e. The van der Waals surface area contributed by atoms with Gasteiger partial charge in [-0.2, -0.15) is 0 Å². The van der Waals surface area contributed by atoms with Crippen LogP contribution in [-0.4, -0.2) is 11.6 Å². The predicted molar refractivity (Wildman–Crippen MR) is 62.0 cm³/mol. The van der Waals surface area contributed by atoms with Crippen LogP contribution in [0.15, 0.2) is 10.5 Å². The van der Waals surface area contributed by atoms with Gasteiger partial charge in [-0.05, 0) is 34.8 Å². The molecule has 0 saturated carbocycles. The van der Waals surface area contributed by atoms with E-state index in [4.69, 9.17) is 16.3 Å². The van der Waals surface area contributed by atoms with Crippen molar-refractivity contribution in [1.82, 2.24) is 4.98 Å². The van der Waals surface area contributed by atoms with Gasteiger partial charge in [0.2, 0.25) is 5.88 Å². The molecule has 14 heavy (non-hydrogen) atoms. The number of nitrogens with zero attached hydrogens (tertiary/aromatic N) is 1. The highest BCUT2D eigenvalue weighted by Crippen LogP contribution is 2.27. The Morgan fingerprint density at radius 1 is 1.57 bits per heavy atom. The third-order valence-corrected chi connectivity index (χ3v) is 2.70. The van der Waals surface area contributed by atoms with E-state index in [2.05, 4.69) is 34.8 Å². The van der Waals surface area contributed by atoms with Gasteiger partial charge in [0.25, 0.3) is 0 Å². The van der Waals surface area contributed by atoms with Crippen LogP contribution in [-0.2, 0) is 0 Å². The minimum absolute atomic E-state index is 0.469. The standard InChI is InChI=1S/C10H13BrClNO/c1-6(2)5-14-10-9(12)4-8(11)7(3)13-10/h4,6H,5H2,1-3H3. The van der Waals surface area contributed by atoms with Crippen LogP contribution in [0.2, 0.25) is 5.02 Å². The average Bonchev–Trinajstić information content (AvgIpc) is 2.09. The third-order valence-electron chi connectivity index (χ3n) is 1.63. The third kappa shape index (κ3) is 3.14. The number of halogens is 2. The molecule has 0 N–H and O–H groups in total. The van der Waals surface area contributed by atoms with Gasteiger partial charge in [-0.3, -0.25) is 0 Å². The van der Waals surface area contributed by atoms with Crippen molar-refractivity contribution in [3.63, 3.8) is 0 Å². The van der Waals surface area contributed by atoms with Crippen LogP contribution in [0.5, 0.6) is 5.88 Å². The van der Waals surface area contributed by atoms with Crippen LogP contribution in [0.25, 0.3) is 0 Å². The Morgan fingerprint density at radius 2 is 2.21 bits per heavy atom. The number of hydrogen-bond acceptors (Lipinski definition) is 2. The number of aryl methyl sites for hydroxylation is 1. The molecule has 0 saturated heterocycles. The van der Waals surface area contributed by atoms with Gasteiger partial charge in [0, 0.05) is 4.47 Å². The maximum Gasteiger partial charge on any atom is 0.232 e. The largest absolute Gasteiger partial charge is 0.476 e. The molecule has 0 fully saturated rings. The van der Waals surface area contributed by atoms with Crippen molar-refractivity contribution in [1.29, 1.82) is 0 Å². The minimum atomic E-state index is 0.469. The van der Waals surface area contributed by atoms with E-state index < -0.39 is 0 Å². The van der Waals surface area contributed by atoms with Crippen molar-refractivity contribution in [3.05, 3.63) is 21.3 Å². The molecule has 0 unspecified atom stereocenters. The maximum absolute atomic E-state index is 5.97. The first-order valence-corrected chi connectivity index (χ1v) is 5.63. The van der Waals surface area contributed by atoms with Gasteiger partial charge in [-0.25, -0.2) is 4.98 Å². The number of aromatic nitrogens is 1. The van der Waals surface area contributed by atoms with E-state index in [1.165, 1.54) is 0 Å². The average molecular weight is 279 g/mol. The number of hydrogen-bond donors (Lipinski definition) is 0.